The van der Waals surface area contributed by atoms with Crippen molar-refractivity contribution in [1.29, 1.82) is 0 Å². The summed E-state index contributed by atoms with van der Waals surface area (Å²) in [4.78, 5) is 17.4. The quantitative estimate of drug-likeness (QED) is 0.492. The lowest BCUT2D eigenvalue weighted by Gasteiger charge is -2.17. The van der Waals surface area contributed by atoms with Crippen LogP contribution < -0.4 is 5.32 Å². The molecule has 0 bridgehead atoms. The maximum Gasteiger partial charge on any atom is 0.242 e. The van der Waals surface area contributed by atoms with Gasteiger partial charge in [0.05, 0.1) is 15.8 Å². The number of amides is 1. The fourth-order valence-corrected chi connectivity index (χ4v) is 4.98. The van der Waals surface area contributed by atoms with E-state index in [0.717, 1.165) is 9.99 Å². The normalized spacial score (nSPS) is 12.8. The molecule has 3 rings (SSSR count). The molecule has 1 aromatic heterocycles. The van der Waals surface area contributed by atoms with Crippen molar-refractivity contribution in [2.45, 2.75) is 42.0 Å². The van der Waals surface area contributed by atoms with Crippen LogP contribution in [0.3, 0.4) is 0 Å². The van der Waals surface area contributed by atoms with Gasteiger partial charge in [-0.05, 0) is 42.7 Å². The first-order chi connectivity index (χ1) is 15.1. The second-order valence-corrected chi connectivity index (χ2v) is 11.3. The number of anilines is 1. The van der Waals surface area contributed by atoms with E-state index in [4.69, 9.17) is 0 Å². The fraction of sp³-hybridized carbons (Fsp3) is 0.304. The Labute approximate surface area is 193 Å². The van der Waals surface area contributed by atoms with Crippen molar-refractivity contribution in [3.63, 3.8) is 0 Å². The summed E-state index contributed by atoms with van der Waals surface area (Å²) in [5.41, 5.74) is 2.67. The molecule has 170 valence electrons. The Bertz CT molecular complexity index is 1200. The molecule has 1 N–H and O–H groups in total. The monoisotopic (exact) mass is 472 g/mol. The predicted octanol–water partition coefficient (Wildman–Crippen LogP) is 4.37. The van der Waals surface area contributed by atoms with Crippen molar-refractivity contribution >= 4 is 33.4 Å². The maximum atomic E-state index is 12.8. The molecule has 7 nitrogen and oxygen atoms in total. The highest BCUT2D eigenvalue weighted by atomic mass is 32.2. The van der Waals surface area contributed by atoms with E-state index in [0.29, 0.717) is 16.8 Å². The van der Waals surface area contributed by atoms with Crippen LogP contribution in [-0.2, 0) is 14.8 Å². The number of thioether (sulfide) groups is 1. The lowest BCUT2D eigenvalue weighted by molar-refractivity contribution is -0.115. The van der Waals surface area contributed by atoms with E-state index in [-0.39, 0.29) is 10.8 Å². The van der Waals surface area contributed by atoms with Crippen LogP contribution in [0.15, 0.2) is 71.0 Å². The van der Waals surface area contributed by atoms with Crippen LogP contribution in [0.2, 0.25) is 0 Å². The molecule has 1 amide bonds. The molecule has 0 saturated carbocycles. The minimum Gasteiger partial charge on any atom is -0.325 e. The maximum absolute atomic E-state index is 12.8. The summed E-state index contributed by atoms with van der Waals surface area (Å²) >= 11 is 1.35. The van der Waals surface area contributed by atoms with E-state index in [1.165, 1.54) is 43.6 Å². The molecule has 32 heavy (non-hydrogen) atoms. The van der Waals surface area contributed by atoms with Gasteiger partial charge in [0, 0.05) is 32.2 Å². The number of imidazole rings is 1. The molecule has 0 unspecified atom stereocenters. The van der Waals surface area contributed by atoms with Gasteiger partial charge in [0.25, 0.3) is 0 Å². The van der Waals surface area contributed by atoms with Crippen LogP contribution in [0.5, 0.6) is 0 Å². The number of nitrogens with one attached hydrogen (secondary N) is 1. The zero-order chi connectivity index (χ0) is 23.5. The van der Waals surface area contributed by atoms with Crippen LogP contribution in [0.4, 0.5) is 5.69 Å². The Balaban J connectivity index is 1.77. The molecule has 1 atom stereocenters. The number of sulfonamides is 1. The fourth-order valence-electron chi connectivity index (χ4n) is 3.16. The highest BCUT2D eigenvalue weighted by molar-refractivity contribution is 8.00. The van der Waals surface area contributed by atoms with Crippen molar-refractivity contribution in [1.82, 2.24) is 13.9 Å². The Morgan fingerprint density at radius 1 is 1.09 bits per heavy atom. The summed E-state index contributed by atoms with van der Waals surface area (Å²) in [7, 11) is -0.638. The number of benzene rings is 2. The lowest BCUT2D eigenvalue weighted by Crippen LogP contribution is -2.24. The molecule has 3 aromatic rings. The number of carbonyl (C=O) groups excluding carboxylic acids is 1. The highest BCUT2D eigenvalue weighted by Gasteiger charge is 2.21. The van der Waals surface area contributed by atoms with Gasteiger partial charge in [0.1, 0.15) is 0 Å². The van der Waals surface area contributed by atoms with Gasteiger partial charge in [0.15, 0.2) is 5.16 Å². The number of nitrogens with zero attached hydrogens (tertiary/aromatic N) is 3. The molecular formula is C23H28N4O3S2. The lowest BCUT2D eigenvalue weighted by atomic mass is 10.0. The van der Waals surface area contributed by atoms with E-state index in [1.807, 2.05) is 29.0 Å². The highest BCUT2D eigenvalue weighted by Crippen LogP contribution is 2.29. The molecule has 1 heterocycles. The van der Waals surface area contributed by atoms with Gasteiger partial charge in [-0.25, -0.2) is 17.7 Å². The minimum atomic E-state index is -3.58. The standard InChI is InChI=1S/C23H28N4O3S2/c1-16(2)20-11-6-7-12-21(20)27-14-13-24-23(27)31-17(3)22(28)25-18-9-8-10-19(15-18)32(29,30)26(4)5/h6-17H,1-5H3,(H,25,28)/t17-/m0/s1. The van der Waals surface area contributed by atoms with E-state index < -0.39 is 15.3 Å². The van der Waals surface area contributed by atoms with Crippen molar-refractivity contribution in [2.24, 2.45) is 0 Å². The molecular weight excluding hydrogens is 444 g/mol. The molecule has 9 heteroatoms. The zero-order valence-corrected chi connectivity index (χ0v) is 20.4. The molecule has 0 spiro atoms. The average Bonchev–Trinajstić information content (AvgIpc) is 3.21. The molecule has 0 radical (unpaired) electrons. The third kappa shape index (κ3) is 5.23. The van der Waals surface area contributed by atoms with Gasteiger partial charge in [-0.1, -0.05) is 49.9 Å². The summed E-state index contributed by atoms with van der Waals surface area (Å²) < 4.78 is 27.9. The molecule has 0 fully saturated rings. The van der Waals surface area contributed by atoms with E-state index in [2.05, 4.69) is 30.2 Å². The Morgan fingerprint density at radius 2 is 1.81 bits per heavy atom. The van der Waals surface area contributed by atoms with E-state index >= 15 is 0 Å². The molecule has 2 aromatic carbocycles. The third-order valence-corrected chi connectivity index (χ3v) is 7.85. The Morgan fingerprint density at radius 3 is 2.50 bits per heavy atom. The smallest absolute Gasteiger partial charge is 0.242 e. The largest absolute Gasteiger partial charge is 0.325 e. The van der Waals surface area contributed by atoms with Gasteiger partial charge in [-0.2, -0.15) is 0 Å². The number of hydrogen-bond acceptors (Lipinski definition) is 5. The minimum absolute atomic E-state index is 0.126. The third-order valence-electron chi connectivity index (χ3n) is 4.96. The summed E-state index contributed by atoms with van der Waals surface area (Å²) in [6.45, 7) is 6.08. The van der Waals surface area contributed by atoms with Crippen LogP contribution in [0, 0.1) is 0 Å². The SMILES string of the molecule is CC(C)c1ccccc1-n1ccnc1S[C@@H](C)C(=O)Nc1cccc(S(=O)(=O)N(C)C)c1. The number of aromatic nitrogens is 2. The first-order valence-electron chi connectivity index (χ1n) is 10.2. The number of para-hydroxylation sites is 1. The molecule has 0 aliphatic rings. The zero-order valence-electron chi connectivity index (χ0n) is 18.8. The Kier molecular flexibility index (Phi) is 7.43. The second-order valence-electron chi connectivity index (χ2n) is 7.86. The average molecular weight is 473 g/mol. The van der Waals surface area contributed by atoms with Gasteiger partial charge in [0.2, 0.25) is 15.9 Å². The van der Waals surface area contributed by atoms with Gasteiger partial charge < -0.3 is 5.32 Å². The number of hydrogen-bond donors (Lipinski definition) is 1. The van der Waals surface area contributed by atoms with Crippen LogP contribution in [-0.4, -0.2) is 47.5 Å². The van der Waals surface area contributed by atoms with Crippen molar-refractivity contribution in [2.75, 3.05) is 19.4 Å². The van der Waals surface area contributed by atoms with Crippen LogP contribution in [0.25, 0.3) is 5.69 Å². The van der Waals surface area contributed by atoms with Crippen molar-refractivity contribution < 1.29 is 13.2 Å². The Hall–Kier alpha value is -2.62. The first-order valence-corrected chi connectivity index (χ1v) is 12.6. The van der Waals surface area contributed by atoms with Crippen molar-refractivity contribution in [3.05, 3.63) is 66.5 Å². The van der Waals surface area contributed by atoms with E-state index in [1.54, 1.807) is 25.3 Å². The molecule has 0 aliphatic heterocycles. The number of rotatable bonds is 8. The summed E-state index contributed by atoms with van der Waals surface area (Å²) in [6, 6.07) is 14.4. The topological polar surface area (TPSA) is 84.3 Å². The molecule has 0 saturated heterocycles. The first kappa shape index (κ1) is 24.0. The summed E-state index contributed by atoms with van der Waals surface area (Å²) in [6.07, 6.45) is 3.61. The summed E-state index contributed by atoms with van der Waals surface area (Å²) in [5, 5.41) is 3.08. The second kappa shape index (κ2) is 9.89. The van der Waals surface area contributed by atoms with Gasteiger partial charge in [-0.3, -0.25) is 9.36 Å². The number of carbonyl (C=O) groups is 1. The molecule has 0 aliphatic carbocycles. The van der Waals surface area contributed by atoms with Crippen LogP contribution in [0.1, 0.15) is 32.3 Å². The van der Waals surface area contributed by atoms with Gasteiger partial charge >= 0.3 is 0 Å². The van der Waals surface area contributed by atoms with Crippen molar-refractivity contribution in [3.8, 4) is 5.69 Å². The predicted molar refractivity (Wildman–Crippen MR) is 129 cm³/mol. The van der Waals surface area contributed by atoms with Crippen LogP contribution >= 0.6 is 11.8 Å². The summed E-state index contributed by atoms with van der Waals surface area (Å²) in [5.74, 6) is 0.110. The van der Waals surface area contributed by atoms with E-state index in [9.17, 15) is 13.2 Å². The van der Waals surface area contributed by atoms with Gasteiger partial charge in [-0.15, -0.1) is 0 Å².